The van der Waals surface area contributed by atoms with Gasteiger partial charge < -0.3 is 9.72 Å². The molecule has 3 aromatic rings. The lowest BCUT2D eigenvalue weighted by atomic mass is 10.0. The summed E-state index contributed by atoms with van der Waals surface area (Å²) in [4.78, 5) is 19.5. The molecule has 1 aromatic carbocycles. The summed E-state index contributed by atoms with van der Waals surface area (Å²) in [5, 5.41) is 0.887. The fourth-order valence-corrected chi connectivity index (χ4v) is 2.24. The number of hydrogen-bond donors (Lipinski definition) is 1. The predicted octanol–water partition coefficient (Wildman–Crippen LogP) is 3.00. The first-order valence-corrected chi connectivity index (χ1v) is 6.35. The maximum absolute atomic E-state index is 12.4. The van der Waals surface area contributed by atoms with E-state index >= 15 is 0 Å². The van der Waals surface area contributed by atoms with Crippen LogP contribution >= 0.6 is 0 Å². The SMILES string of the molecule is COc1ccc2[nH]cc(C(=O)Cc3cccnc3)c2c1. The molecule has 0 saturated heterocycles. The number of nitrogens with zero attached hydrogens (tertiary/aromatic N) is 1. The standard InChI is InChI=1S/C16H14N2O2/c1-20-12-4-5-15-13(8-12)14(10-18-15)16(19)7-11-3-2-6-17-9-11/h2-6,8-10,18H,7H2,1H3. The topological polar surface area (TPSA) is 55.0 Å². The third-order valence-corrected chi connectivity index (χ3v) is 3.28. The zero-order valence-electron chi connectivity index (χ0n) is 11.1. The lowest BCUT2D eigenvalue weighted by Gasteiger charge is -2.02. The largest absolute Gasteiger partial charge is 0.497 e. The Labute approximate surface area is 116 Å². The average molecular weight is 266 g/mol. The Morgan fingerprint density at radius 3 is 3.00 bits per heavy atom. The Morgan fingerprint density at radius 2 is 2.25 bits per heavy atom. The highest BCUT2D eigenvalue weighted by molar-refractivity contribution is 6.08. The van der Waals surface area contributed by atoms with Crippen molar-refractivity contribution in [2.45, 2.75) is 6.42 Å². The molecule has 2 heterocycles. The van der Waals surface area contributed by atoms with Gasteiger partial charge in [-0.2, -0.15) is 0 Å². The lowest BCUT2D eigenvalue weighted by Crippen LogP contribution is -2.03. The number of carbonyl (C=O) groups is 1. The molecule has 0 spiro atoms. The normalized spacial score (nSPS) is 10.7. The molecule has 0 aliphatic heterocycles. The Morgan fingerprint density at radius 1 is 1.35 bits per heavy atom. The van der Waals surface area contributed by atoms with E-state index in [1.807, 2.05) is 30.3 Å². The second kappa shape index (κ2) is 5.17. The van der Waals surface area contributed by atoms with Gasteiger partial charge in [0.25, 0.3) is 0 Å². The van der Waals surface area contributed by atoms with Gasteiger partial charge in [0.15, 0.2) is 5.78 Å². The van der Waals surface area contributed by atoms with Crippen molar-refractivity contribution < 1.29 is 9.53 Å². The third kappa shape index (κ3) is 2.28. The van der Waals surface area contributed by atoms with Gasteiger partial charge >= 0.3 is 0 Å². The first-order chi connectivity index (χ1) is 9.78. The van der Waals surface area contributed by atoms with Gasteiger partial charge in [0.05, 0.1) is 7.11 Å². The molecule has 1 N–H and O–H groups in total. The Kier molecular flexibility index (Phi) is 3.21. The summed E-state index contributed by atoms with van der Waals surface area (Å²) in [6, 6.07) is 9.40. The number of methoxy groups -OCH3 is 1. The number of carbonyl (C=O) groups excluding carboxylic acids is 1. The number of pyridine rings is 1. The molecule has 20 heavy (non-hydrogen) atoms. The molecule has 4 heteroatoms. The summed E-state index contributed by atoms with van der Waals surface area (Å²) >= 11 is 0. The molecule has 0 unspecified atom stereocenters. The number of aromatic amines is 1. The van der Waals surface area contributed by atoms with Crippen LogP contribution in [0.1, 0.15) is 15.9 Å². The molecule has 2 aromatic heterocycles. The smallest absolute Gasteiger partial charge is 0.169 e. The zero-order chi connectivity index (χ0) is 13.9. The zero-order valence-corrected chi connectivity index (χ0v) is 11.1. The van der Waals surface area contributed by atoms with Crippen molar-refractivity contribution in [3.05, 3.63) is 60.0 Å². The maximum Gasteiger partial charge on any atom is 0.169 e. The molecular weight excluding hydrogens is 252 g/mol. The molecular formula is C16H14N2O2. The van der Waals surface area contributed by atoms with E-state index < -0.39 is 0 Å². The highest BCUT2D eigenvalue weighted by Crippen LogP contribution is 2.24. The number of nitrogens with one attached hydrogen (secondary N) is 1. The van der Waals surface area contributed by atoms with Crippen molar-refractivity contribution in [2.24, 2.45) is 0 Å². The van der Waals surface area contributed by atoms with Crippen molar-refractivity contribution in [1.29, 1.82) is 0 Å². The monoisotopic (exact) mass is 266 g/mol. The van der Waals surface area contributed by atoms with E-state index in [0.717, 1.165) is 22.2 Å². The Hall–Kier alpha value is -2.62. The molecule has 3 rings (SSSR count). The van der Waals surface area contributed by atoms with Crippen LogP contribution in [0.25, 0.3) is 10.9 Å². The predicted molar refractivity (Wildman–Crippen MR) is 77.1 cm³/mol. The molecule has 4 nitrogen and oxygen atoms in total. The minimum atomic E-state index is 0.0671. The van der Waals surface area contributed by atoms with Gasteiger partial charge in [-0.05, 0) is 29.8 Å². The summed E-state index contributed by atoms with van der Waals surface area (Å²) in [5.74, 6) is 0.810. The van der Waals surface area contributed by atoms with E-state index in [4.69, 9.17) is 4.74 Å². The van der Waals surface area contributed by atoms with Crippen LogP contribution in [0.2, 0.25) is 0 Å². The van der Waals surface area contributed by atoms with Crippen LogP contribution in [-0.2, 0) is 6.42 Å². The molecule has 100 valence electrons. The van der Waals surface area contributed by atoms with Gasteiger partial charge in [-0.15, -0.1) is 0 Å². The van der Waals surface area contributed by atoms with E-state index in [-0.39, 0.29) is 5.78 Å². The highest BCUT2D eigenvalue weighted by Gasteiger charge is 2.13. The van der Waals surface area contributed by atoms with Gasteiger partial charge in [-0.3, -0.25) is 9.78 Å². The maximum atomic E-state index is 12.4. The number of H-pyrrole nitrogens is 1. The van der Waals surface area contributed by atoms with E-state index in [0.29, 0.717) is 12.0 Å². The summed E-state index contributed by atoms with van der Waals surface area (Å²) < 4.78 is 5.21. The van der Waals surface area contributed by atoms with Crippen LogP contribution in [0.3, 0.4) is 0 Å². The van der Waals surface area contributed by atoms with Gasteiger partial charge in [-0.25, -0.2) is 0 Å². The van der Waals surface area contributed by atoms with Crippen molar-refractivity contribution >= 4 is 16.7 Å². The number of benzene rings is 1. The van der Waals surface area contributed by atoms with Crippen molar-refractivity contribution in [3.8, 4) is 5.75 Å². The van der Waals surface area contributed by atoms with Gasteiger partial charge in [-0.1, -0.05) is 6.07 Å². The van der Waals surface area contributed by atoms with E-state index in [1.54, 1.807) is 25.7 Å². The first kappa shape index (κ1) is 12.4. The van der Waals surface area contributed by atoms with Crippen LogP contribution in [-0.4, -0.2) is 22.9 Å². The molecule has 0 aliphatic rings. The molecule has 0 atom stereocenters. The third-order valence-electron chi connectivity index (χ3n) is 3.28. The Bertz CT molecular complexity index is 748. The summed E-state index contributed by atoms with van der Waals surface area (Å²) in [5.41, 5.74) is 2.53. The number of hydrogen-bond acceptors (Lipinski definition) is 3. The minimum Gasteiger partial charge on any atom is -0.497 e. The molecule has 0 radical (unpaired) electrons. The molecule has 0 saturated carbocycles. The Balaban J connectivity index is 1.95. The van der Waals surface area contributed by atoms with Gasteiger partial charge in [0.2, 0.25) is 0 Å². The van der Waals surface area contributed by atoms with Crippen LogP contribution in [0.5, 0.6) is 5.75 Å². The van der Waals surface area contributed by atoms with Crippen molar-refractivity contribution in [3.63, 3.8) is 0 Å². The van der Waals surface area contributed by atoms with Gasteiger partial charge in [0.1, 0.15) is 5.75 Å². The number of fused-ring (bicyclic) bond motifs is 1. The first-order valence-electron chi connectivity index (χ1n) is 6.35. The second-order valence-corrected chi connectivity index (χ2v) is 4.58. The van der Waals surface area contributed by atoms with Crippen molar-refractivity contribution in [2.75, 3.05) is 7.11 Å². The van der Waals surface area contributed by atoms with Crippen LogP contribution in [0.4, 0.5) is 0 Å². The number of Topliss-reactive ketones (excluding diaryl/α,β-unsaturated/α-hetero) is 1. The fourth-order valence-electron chi connectivity index (χ4n) is 2.24. The highest BCUT2D eigenvalue weighted by atomic mass is 16.5. The number of aromatic nitrogens is 2. The second-order valence-electron chi connectivity index (χ2n) is 4.58. The molecule has 0 amide bonds. The number of ketones is 1. The summed E-state index contributed by atoms with van der Waals surface area (Å²) in [6.07, 6.45) is 5.51. The molecule has 0 aliphatic carbocycles. The summed E-state index contributed by atoms with van der Waals surface area (Å²) in [7, 11) is 1.62. The fraction of sp³-hybridized carbons (Fsp3) is 0.125. The van der Waals surface area contributed by atoms with Crippen LogP contribution in [0, 0.1) is 0 Å². The van der Waals surface area contributed by atoms with Crippen LogP contribution < -0.4 is 4.74 Å². The van der Waals surface area contributed by atoms with Gasteiger partial charge in [0, 0.05) is 41.5 Å². The van der Waals surface area contributed by atoms with Crippen LogP contribution in [0.15, 0.2) is 48.9 Å². The average Bonchev–Trinajstić information content (AvgIpc) is 2.91. The number of ether oxygens (including phenoxy) is 1. The molecule has 0 bridgehead atoms. The minimum absolute atomic E-state index is 0.0671. The van der Waals surface area contributed by atoms with E-state index in [1.165, 1.54) is 0 Å². The van der Waals surface area contributed by atoms with Crippen molar-refractivity contribution in [1.82, 2.24) is 9.97 Å². The van der Waals surface area contributed by atoms with E-state index in [2.05, 4.69) is 9.97 Å². The van der Waals surface area contributed by atoms with E-state index in [9.17, 15) is 4.79 Å². The molecule has 0 fully saturated rings. The quantitative estimate of drug-likeness (QED) is 0.738. The lowest BCUT2D eigenvalue weighted by molar-refractivity contribution is 0.0994. The summed E-state index contributed by atoms with van der Waals surface area (Å²) in [6.45, 7) is 0. The number of rotatable bonds is 4.